The second-order valence-electron chi connectivity index (χ2n) is 14.2. The molecule has 2 unspecified atom stereocenters. The molecule has 240 valence electrons. The Bertz CT molecular complexity index is 1410. The molecule has 3 aliphatic rings. The minimum atomic E-state index is 0.0847. The van der Waals surface area contributed by atoms with E-state index in [1.165, 1.54) is 29.5 Å². The average molecular weight is 609 g/mol. The van der Waals surface area contributed by atoms with E-state index in [1.807, 2.05) is 18.7 Å². The monoisotopic (exact) mass is 608 g/mol. The van der Waals surface area contributed by atoms with Gasteiger partial charge in [-0.2, -0.15) is 0 Å². The van der Waals surface area contributed by atoms with Gasteiger partial charge in [-0.05, 0) is 90.4 Å². The Morgan fingerprint density at radius 1 is 0.867 bits per heavy atom. The molecule has 1 aromatic heterocycles. The first-order valence-corrected chi connectivity index (χ1v) is 17.1. The first-order valence-electron chi connectivity index (χ1n) is 17.1. The van der Waals surface area contributed by atoms with Crippen molar-refractivity contribution in [2.75, 3.05) is 45.8 Å². The number of aryl methyl sites for hydroxylation is 3. The van der Waals surface area contributed by atoms with Gasteiger partial charge in [0.25, 0.3) is 5.91 Å². The van der Waals surface area contributed by atoms with E-state index >= 15 is 0 Å². The largest absolute Gasteiger partial charge is 0.338 e. The summed E-state index contributed by atoms with van der Waals surface area (Å²) >= 11 is 0. The number of piperidine rings is 2. The molecule has 2 atom stereocenters. The van der Waals surface area contributed by atoms with Crippen LogP contribution in [0.2, 0.25) is 0 Å². The zero-order chi connectivity index (χ0) is 31.6. The predicted octanol–water partition coefficient (Wildman–Crippen LogP) is 6.06. The standard InChI is InChI=1S/C38H52N6O/c1-28-11-13-32(14-12-28)26-41-19-15-34(16-20-41)36(33-9-7-6-8-10-33)44-24-23-43(25-29(44)2)38(5)17-21-42(22-18-38)37(45)35-30(3)39-27-40-31(35)4/h6-14,27,29,34,36H,15-26H2,1-5H3. The van der Waals surface area contributed by atoms with Crippen LogP contribution in [0.15, 0.2) is 60.9 Å². The lowest BCUT2D eigenvalue weighted by Crippen LogP contribution is -2.63. The Morgan fingerprint density at radius 3 is 2.13 bits per heavy atom. The zero-order valence-electron chi connectivity index (χ0n) is 28.1. The molecular formula is C38H52N6O. The number of hydrogen-bond acceptors (Lipinski definition) is 6. The highest BCUT2D eigenvalue weighted by atomic mass is 16.2. The summed E-state index contributed by atoms with van der Waals surface area (Å²) in [5, 5.41) is 0. The summed E-state index contributed by atoms with van der Waals surface area (Å²) in [7, 11) is 0. The molecule has 0 saturated carbocycles. The van der Waals surface area contributed by atoms with Crippen molar-refractivity contribution in [1.29, 1.82) is 0 Å². The smallest absolute Gasteiger partial charge is 0.257 e. The molecule has 7 heteroatoms. The Hall–Kier alpha value is -3.13. The fourth-order valence-corrected chi connectivity index (χ4v) is 8.21. The van der Waals surface area contributed by atoms with Crippen molar-refractivity contribution in [2.24, 2.45) is 5.92 Å². The molecule has 0 N–H and O–H groups in total. The van der Waals surface area contributed by atoms with Crippen LogP contribution in [0.3, 0.4) is 0 Å². The maximum atomic E-state index is 13.4. The molecule has 3 aromatic rings. The predicted molar refractivity (Wildman–Crippen MR) is 181 cm³/mol. The summed E-state index contributed by atoms with van der Waals surface area (Å²) in [5.74, 6) is 0.746. The number of benzene rings is 2. The van der Waals surface area contributed by atoms with E-state index in [-0.39, 0.29) is 11.4 Å². The minimum Gasteiger partial charge on any atom is -0.338 e. The SMILES string of the molecule is Cc1ccc(CN2CCC(C(c3ccccc3)N3CCN(C4(C)CCN(C(=O)c5c(C)ncnc5C)CC4)CC3C)CC2)cc1. The molecule has 3 aliphatic heterocycles. The fourth-order valence-electron chi connectivity index (χ4n) is 8.21. The van der Waals surface area contributed by atoms with Crippen molar-refractivity contribution in [2.45, 2.75) is 84.5 Å². The van der Waals surface area contributed by atoms with Gasteiger partial charge in [0, 0.05) is 56.9 Å². The number of nitrogens with zero attached hydrogens (tertiary/aromatic N) is 6. The van der Waals surface area contributed by atoms with Crippen molar-refractivity contribution in [1.82, 2.24) is 29.6 Å². The number of hydrogen-bond donors (Lipinski definition) is 0. The van der Waals surface area contributed by atoms with Gasteiger partial charge in [-0.3, -0.25) is 19.5 Å². The lowest BCUT2D eigenvalue weighted by atomic mass is 9.82. The van der Waals surface area contributed by atoms with Gasteiger partial charge in [0.1, 0.15) is 6.33 Å². The molecule has 2 aromatic carbocycles. The van der Waals surface area contributed by atoms with Crippen LogP contribution in [0, 0.1) is 26.7 Å². The van der Waals surface area contributed by atoms with Crippen LogP contribution in [0.1, 0.15) is 84.0 Å². The van der Waals surface area contributed by atoms with Crippen LogP contribution in [0.25, 0.3) is 0 Å². The molecule has 0 aliphatic carbocycles. The maximum absolute atomic E-state index is 13.4. The molecule has 4 heterocycles. The van der Waals surface area contributed by atoms with E-state index in [9.17, 15) is 4.79 Å². The van der Waals surface area contributed by atoms with Gasteiger partial charge in [-0.1, -0.05) is 60.2 Å². The highest BCUT2D eigenvalue weighted by Gasteiger charge is 2.43. The fraction of sp³-hybridized carbons (Fsp3) is 0.553. The van der Waals surface area contributed by atoms with Crippen molar-refractivity contribution in [3.63, 3.8) is 0 Å². The van der Waals surface area contributed by atoms with Gasteiger partial charge >= 0.3 is 0 Å². The van der Waals surface area contributed by atoms with Crippen molar-refractivity contribution in [3.05, 3.63) is 94.6 Å². The topological polar surface area (TPSA) is 55.8 Å². The van der Waals surface area contributed by atoms with E-state index in [2.05, 4.69) is 100 Å². The summed E-state index contributed by atoms with van der Waals surface area (Å²) in [6.45, 7) is 19.0. The maximum Gasteiger partial charge on any atom is 0.257 e. The summed E-state index contributed by atoms with van der Waals surface area (Å²) in [5.41, 5.74) is 6.56. The number of carbonyl (C=O) groups excluding carboxylic acids is 1. The molecule has 0 radical (unpaired) electrons. The molecule has 6 rings (SSSR count). The molecular weight excluding hydrogens is 556 g/mol. The number of aromatic nitrogens is 2. The lowest BCUT2D eigenvalue weighted by Gasteiger charge is -2.54. The highest BCUT2D eigenvalue weighted by molar-refractivity contribution is 5.96. The Labute approximate surface area is 270 Å². The quantitative estimate of drug-likeness (QED) is 0.325. The van der Waals surface area contributed by atoms with Crippen molar-refractivity contribution >= 4 is 5.91 Å². The number of rotatable bonds is 7. The number of amides is 1. The molecule has 0 bridgehead atoms. The van der Waals surface area contributed by atoms with Crippen LogP contribution >= 0.6 is 0 Å². The number of carbonyl (C=O) groups is 1. The Kier molecular flexibility index (Phi) is 9.69. The van der Waals surface area contributed by atoms with Gasteiger partial charge in [-0.25, -0.2) is 9.97 Å². The van der Waals surface area contributed by atoms with Gasteiger partial charge in [-0.15, -0.1) is 0 Å². The first-order chi connectivity index (χ1) is 21.7. The van der Waals surface area contributed by atoms with E-state index in [4.69, 9.17) is 0 Å². The molecule has 3 fully saturated rings. The van der Waals surface area contributed by atoms with Crippen LogP contribution in [0.5, 0.6) is 0 Å². The highest BCUT2D eigenvalue weighted by Crippen LogP contribution is 2.40. The van der Waals surface area contributed by atoms with E-state index < -0.39 is 0 Å². The van der Waals surface area contributed by atoms with Crippen LogP contribution in [-0.4, -0.2) is 92.9 Å². The lowest BCUT2D eigenvalue weighted by molar-refractivity contribution is -0.0439. The van der Waals surface area contributed by atoms with E-state index in [0.29, 0.717) is 23.6 Å². The van der Waals surface area contributed by atoms with Gasteiger partial charge in [0.15, 0.2) is 0 Å². The van der Waals surface area contributed by atoms with Crippen LogP contribution < -0.4 is 0 Å². The first kappa shape index (κ1) is 31.8. The molecule has 1 amide bonds. The van der Waals surface area contributed by atoms with E-state index in [1.54, 1.807) is 6.33 Å². The van der Waals surface area contributed by atoms with Crippen LogP contribution in [-0.2, 0) is 6.54 Å². The zero-order valence-corrected chi connectivity index (χ0v) is 28.1. The van der Waals surface area contributed by atoms with E-state index in [0.717, 1.165) is 76.6 Å². The Balaban J connectivity index is 1.09. The van der Waals surface area contributed by atoms with Gasteiger partial charge in [0.2, 0.25) is 0 Å². The van der Waals surface area contributed by atoms with Gasteiger partial charge in [0.05, 0.1) is 17.0 Å². The minimum absolute atomic E-state index is 0.0847. The second kappa shape index (κ2) is 13.7. The third-order valence-corrected chi connectivity index (χ3v) is 11.1. The summed E-state index contributed by atoms with van der Waals surface area (Å²) in [6.07, 6.45) is 6.03. The molecule has 0 spiro atoms. The third kappa shape index (κ3) is 7.01. The number of piperazine rings is 1. The third-order valence-electron chi connectivity index (χ3n) is 11.1. The molecule has 45 heavy (non-hydrogen) atoms. The number of likely N-dealkylation sites (tertiary alicyclic amines) is 2. The normalized spacial score (nSPS) is 22.8. The molecule has 3 saturated heterocycles. The summed E-state index contributed by atoms with van der Waals surface area (Å²) in [4.78, 5) is 32.3. The van der Waals surface area contributed by atoms with Crippen molar-refractivity contribution < 1.29 is 4.79 Å². The average Bonchev–Trinajstić information content (AvgIpc) is 3.04. The van der Waals surface area contributed by atoms with Crippen molar-refractivity contribution in [3.8, 4) is 0 Å². The Morgan fingerprint density at radius 2 is 1.51 bits per heavy atom. The second-order valence-corrected chi connectivity index (χ2v) is 14.2. The van der Waals surface area contributed by atoms with Crippen LogP contribution in [0.4, 0.5) is 0 Å². The van der Waals surface area contributed by atoms with Gasteiger partial charge < -0.3 is 4.90 Å². The molecule has 7 nitrogen and oxygen atoms in total. The summed E-state index contributed by atoms with van der Waals surface area (Å²) in [6, 6.07) is 21.3. The summed E-state index contributed by atoms with van der Waals surface area (Å²) < 4.78 is 0.